The number of nitrogens with one attached hydrogen (secondary N) is 2. The Bertz CT molecular complexity index is 1600. The van der Waals surface area contributed by atoms with Crippen molar-refractivity contribution in [2.45, 2.75) is 44.8 Å². The number of amides is 2. The predicted octanol–water partition coefficient (Wildman–Crippen LogP) is 4.69. The lowest BCUT2D eigenvalue weighted by atomic mass is 10.0. The molecule has 0 spiro atoms. The third-order valence-electron chi connectivity index (χ3n) is 7.22. The van der Waals surface area contributed by atoms with Crippen LogP contribution in [0.2, 0.25) is 0 Å². The Morgan fingerprint density at radius 3 is 2.28 bits per heavy atom. The lowest BCUT2D eigenvalue weighted by molar-refractivity contribution is -0.201. The van der Waals surface area contributed by atoms with Crippen molar-refractivity contribution >= 4 is 35.4 Å². The van der Waals surface area contributed by atoms with Crippen LogP contribution in [-0.2, 0) is 32.1 Å². The van der Waals surface area contributed by atoms with Crippen molar-refractivity contribution in [1.82, 2.24) is 10.2 Å². The molecule has 3 aromatic rings. The second-order valence-electron chi connectivity index (χ2n) is 10.8. The number of aryl methyl sites for hydroxylation is 1. The van der Waals surface area contributed by atoms with E-state index in [0.29, 0.717) is 30.2 Å². The summed E-state index contributed by atoms with van der Waals surface area (Å²) in [4.78, 5) is 52.8. The first-order chi connectivity index (χ1) is 22.4. The van der Waals surface area contributed by atoms with Gasteiger partial charge in [-0.05, 0) is 66.8 Å². The van der Waals surface area contributed by atoms with Gasteiger partial charge in [0.25, 0.3) is 5.91 Å². The molecule has 11 nitrogen and oxygen atoms in total. The number of ether oxygens (including phenoxy) is 2. The second kappa shape index (κ2) is 15.7. The standard InChI is InChI=1S/C33H34F3N5O6/c34-33(35,36)31(45)47-29(43)16-18-40-21-28(42)41(20-23-10-13-25(14-11-23)46-24-8-4-1-5-9-24)27-15-12-22(19-26(27)30(40)44)7-3-2-6-17-39-32(37)38/h1,4-5,8-15,19H,2-3,6-7,16-18,20-21H2,(H4,37,38,39). The molecule has 0 atom stereocenters. The van der Waals surface area contributed by atoms with E-state index in [2.05, 4.69) is 10.1 Å². The predicted molar refractivity (Wildman–Crippen MR) is 166 cm³/mol. The second-order valence-corrected chi connectivity index (χ2v) is 10.8. The highest BCUT2D eigenvalue weighted by Gasteiger charge is 2.42. The van der Waals surface area contributed by atoms with Crippen LogP contribution in [0, 0.1) is 5.41 Å². The summed E-state index contributed by atoms with van der Waals surface area (Å²) in [5, 5.41) is 9.96. The summed E-state index contributed by atoms with van der Waals surface area (Å²) >= 11 is 0. The number of unbranched alkanes of at least 4 members (excludes halogenated alkanes) is 2. The number of nitrogens with zero attached hydrogens (tertiary/aromatic N) is 2. The van der Waals surface area contributed by atoms with Gasteiger partial charge in [0.1, 0.15) is 18.0 Å². The molecule has 1 aliphatic heterocycles. The quantitative estimate of drug-likeness (QED) is 0.0790. The number of guanidine groups is 1. The number of para-hydroxylation sites is 1. The SMILES string of the molecule is N=C(N)NCCCCCc1ccc2c(c1)C(=O)N(CCC(=O)OC(=O)C(F)(F)F)CC(=O)N2Cc1ccc(Oc2ccccc2)cc1. The minimum atomic E-state index is -5.35. The molecule has 1 heterocycles. The average Bonchev–Trinajstić information content (AvgIpc) is 3.12. The maximum Gasteiger partial charge on any atom is 0.491 e. The fourth-order valence-corrected chi connectivity index (χ4v) is 4.89. The van der Waals surface area contributed by atoms with Crippen LogP contribution < -0.4 is 20.7 Å². The largest absolute Gasteiger partial charge is 0.491 e. The molecule has 4 rings (SSSR count). The van der Waals surface area contributed by atoms with E-state index in [-0.39, 0.29) is 18.1 Å². The lowest BCUT2D eigenvalue weighted by Gasteiger charge is -2.23. The van der Waals surface area contributed by atoms with Crippen molar-refractivity contribution in [2.75, 3.05) is 24.5 Å². The molecule has 47 heavy (non-hydrogen) atoms. The minimum Gasteiger partial charge on any atom is -0.457 e. The third-order valence-corrected chi connectivity index (χ3v) is 7.22. The van der Waals surface area contributed by atoms with Crippen LogP contribution in [0.25, 0.3) is 0 Å². The van der Waals surface area contributed by atoms with Crippen LogP contribution in [0.4, 0.5) is 18.9 Å². The van der Waals surface area contributed by atoms with E-state index < -0.39 is 49.4 Å². The van der Waals surface area contributed by atoms with Crippen LogP contribution in [0.1, 0.15) is 47.2 Å². The van der Waals surface area contributed by atoms with Crippen LogP contribution in [0.15, 0.2) is 72.8 Å². The zero-order valence-corrected chi connectivity index (χ0v) is 25.3. The Labute approximate surface area is 268 Å². The molecule has 0 aliphatic carbocycles. The number of hydrogen-bond donors (Lipinski definition) is 3. The van der Waals surface area contributed by atoms with Gasteiger partial charge in [0.05, 0.1) is 24.2 Å². The molecule has 1 aliphatic rings. The van der Waals surface area contributed by atoms with Crippen molar-refractivity contribution in [1.29, 1.82) is 5.41 Å². The minimum absolute atomic E-state index is 0.100. The molecular formula is C33H34F3N5O6. The van der Waals surface area contributed by atoms with Crippen molar-refractivity contribution < 1.29 is 41.8 Å². The molecule has 0 radical (unpaired) electrons. The summed E-state index contributed by atoms with van der Waals surface area (Å²) in [5.74, 6) is -4.06. The number of carbonyl (C=O) groups excluding carboxylic acids is 4. The molecule has 248 valence electrons. The highest BCUT2D eigenvalue weighted by molar-refractivity contribution is 6.09. The Balaban J connectivity index is 1.52. The Morgan fingerprint density at radius 1 is 0.915 bits per heavy atom. The summed E-state index contributed by atoms with van der Waals surface area (Å²) in [6.07, 6.45) is -3.09. The van der Waals surface area contributed by atoms with Crippen molar-refractivity contribution in [3.05, 3.63) is 89.5 Å². The van der Waals surface area contributed by atoms with Crippen LogP contribution in [0.5, 0.6) is 11.5 Å². The smallest absolute Gasteiger partial charge is 0.457 e. The van der Waals surface area contributed by atoms with E-state index >= 15 is 0 Å². The van der Waals surface area contributed by atoms with Crippen LogP contribution in [-0.4, -0.2) is 60.4 Å². The van der Waals surface area contributed by atoms with Crippen molar-refractivity contribution in [2.24, 2.45) is 5.73 Å². The summed E-state index contributed by atoms with van der Waals surface area (Å²) in [5.41, 5.74) is 7.39. The molecule has 14 heteroatoms. The highest BCUT2D eigenvalue weighted by atomic mass is 19.4. The molecule has 0 saturated heterocycles. The van der Waals surface area contributed by atoms with Gasteiger partial charge in [-0.25, -0.2) is 4.79 Å². The molecule has 0 aromatic heterocycles. The average molecular weight is 654 g/mol. The number of esters is 2. The van der Waals surface area contributed by atoms with E-state index in [0.717, 1.165) is 35.3 Å². The number of hydrogen-bond acceptors (Lipinski definition) is 7. The van der Waals surface area contributed by atoms with E-state index in [1.807, 2.05) is 36.4 Å². The van der Waals surface area contributed by atoms with Gasteiger partial charge < -0.3 is 30.3 Å². The first-order valence-corrected chi connectivity index (χ1v) is 14.8. The van der Waals surface area contributed by atoms with Crippen LogP contribution in [0.3, 0.4) is 0 Å². The molecular weight excluding hydrogens is 619 g/mol. The number of anilines is 1. The first kappa shape index (κ1) is 34.5. The third kappa shape index (κ3) is 10.0. The Kier molecular flexibility index (Phi) is 11.5. The topological polar surface area (TPSA) is 155 Å². The summed E-state index contributed by atoms with van der Waals surface area (Å²) in [6, 6.07) is 21.5. The van der Waals surface area contributed by atoms with Gasteiger partial charge in [-0.1, -0.05) is 42.8 Å². The maximum absolute atomic E-state index is 13.7. The van der Waals surface area contributed by atoms with Gasteiger partial charge in [0, 0.05) is 13.1 Å². The number of alkyl halides is 3. The molecule has 0 bridgehead atoms. The molecule has 2 amide bonds. The van der Waals surface area contributed by atoms with E-state index in [1.54, 1.807) is 36.4 Å². The number of fused-ring (bicyclic) bond motifs is 1. The van der Waals surface area contributed by atoms with Gasteiger partial charge in [0.15, 0.2) is 5.96 Å². The maximum atomic E-state index is 13.7. The van der Waals surface area contributed by atoms with Gasteiger partial charge in [-0.15, -0.1) is 0 Å². The molecule has 0 unspecified atom stereocenters. The number of nitrogens with two attached hydrogens (primary N) is 1. The van der Waals surface area contributed by atoms with Gasteiger partial charge in [-0.2, -0.15) is 13.2 Å². The van der Waals surface area contributed by atoms with Gasteiger partial charge in [0.2, 0.25) is 5.91 Å². The summed E-state index contributed by atoms with van der Waals surface area (Å²) in [7, 11) is 0. The fraction of sp³-hybridized carbons (Fsp3) is 0.303. The molecule has 0 fully saturated rings. The zero-order valence-electron chi connectivity index (χ0n) is 25.3. The Hall–Kier alpha value is -5.40. The van der Waals surface area contributed by atoms with Crippen molar-refractivity contribution in [3.8, 4) is 11.5 Å². The fourth-order valence-electron chi connectivity index (χ4n) is 4.89. The van der Waals surface area contributed by atoms with Gasteiger partial charge in [-0.3, -0.25) is 19.8 Å². The molecule has 4 N–H and O–H groups in total. The summed E-state index contributed by atoms with van der Waals surface area (Å²) in [6.45, 7) is -0.244. The van der Waals surface area contributed by atoms with E-state index in [1.165, 1.54) is 4.90 Å². The highest BCUT2D eigenvalue weighted by Crippen LogP contribution is 2.30. The lowest BCUT2D eigenvalue weighted by Crippen LogP contribution is -2.40. The van der Waals surface area contributed by atoms with E-state index in [4.69, 9.17) is 15.9 Å². The molecule has 3 aromatic carbocycles. The number of rotatable bonds is 13. The zero-order chi connectivity index (χ0) is 34.0. The summed E-state index contributed by atoms with van der Waals surface area (Å²) < 4.78 is 47.3. The Morgan fingerprint density at radius 2 is 1.60 bits per heavy atom. The number of halogens is 3. The van der Waals surface area contributed by atoms with Crippen LogP contribution >= 0.6 is 0 Å². The number of benzene rings is 3. The van der Waals surface area contributed by atoms with Crippen molar-refractivity contribution in [3.63, 3.8) is 0 Å². The monoisotopic (exact) mass is 653 g/mol. The number of carbonyl (C=O) groups is 4. The van der Waals surface area contributed by atoms with E-state index in [9.17, 15) is 32.3 Å². The normalized spacial score (nSPS) is 13.1. The first-order valence-electron chi connectivity index (χ1n) is 14.8. The van der Waals surface area contributed by atoms with Gasteiger partial charge >= 0.3 is 18.1 Å². The molecule has 0 saturated carbocycles.